The van der Waals surface area contributed by atoms with Crippen LogP contribution in [0.15, 0.2) is 23.4 Å². The van der Waals surface area contributed by atoms with E-state index in [0.717, 1.165) is 32.3 Å². The maximum absolute atomic E-state index is 12.0. The van der Waals surface area contributed by atoms with Gasteiger partial charge in [0.05, 0.1) is 22.6 Å². The summed E-state index contributed by atoms with van der Waals surface area (Å²) in [6.07, 6.45) is 6.17. The van der Waals surface area contributed by atoms with Gasteiger partial charge in [-0.05, 0) is 37.8 Å². The van der Waals surface area contributed by atoms with Crippen LogP contribution in [-0.4, -0.2) is 27.7 Å². The number of hydrogen-bond donors (Lipinski definition) is 1. The van der Waals surface area contributed by atoms with E-state index in [9.17, 15) is 4.21 Å². The summed E-state index contributed by atoms with van der Waals surface area (Å²) in [7, 11) is -1.09. The molecule has 2 N–H and O–H groups in total. The van der Waals surface area contributed by atoms with E-state index in [1.165, 1.54) is 0 Å². The molecule has 0 amide bonds. The molecule has 2 heterocycles. The first-order chi connectivity index (χ1) is 8.27. The highest BCUT2D eigenvalue weighted by atomic mass is 32.2. The van der Waals surface area contributed by atoms with E-state index in [1.54, 1.807) is 18.3 Å². The van der Waals surface area contributed by atoms with Crippen LogP contribution in [0.3, 0.4) is 0 Å². The van der Waals surface area contributed by atoms with Gasteiger partial charge in [0.1, 0.15) is 5.03 Å². The van der Waals surface area contributed by atoms with Gasteiger partial charge in [0, 0.05) is 18.6 Å². The second kappa shape index (κ2) is 6.12. The Bertz CT molecular complexity index is 392. The number of pyridine rings is 1. The van der Waals surface area contributed by atoms with Crippen molar-refractivity contribution in [1.82, 2.24) is 4.98 Å². The molecule has 1 aromatic heterocycles. The highest BCUT2D eigenvalue weighted by Crippen LogP contribution is 2.18. The standard InChI is InChI=1S/C12H18N2O2S/c13-11-6-1-7-14-12(11)17(15)9-3-5-10-4-2-8-16-10/h1,6-7,10H,2-5,8-9,13H2. The second-order valence-electron chi connectivity index (χ2n) is 4.22. The van der Waals surface area contributed by atoms with E-state index in [4.69, 9.17) is 10.5 Å². The molecule has 1 aliphatic rings. The highest BCUT2D eigenvalue weighted by molar-refractivity contribution is 7.85. The quantitative estimate of drug-likeness (QED) is 0.869. The van der Waals surface area contributed by atoms with E-state index in [2.05, 4.69) is 4.98 Å². The van der Waals surface area contributed by atoms with Crippen molar-refractivity contribution in [1.29, 1.82) is 0 Å². The fraction of sp³-hybridized carbons (Fsp3) is 0.583. The Hall–Kier alpha value is -0.940. The molecular weight excluding hydrogens is 236 g/mol. The van der Waals surface area contributed by atoms with Gasteiger partial charge in [0.25, 0.3) is 0 Å². The van der Waals surface area contributed by atoms with Crippen molar-refractivity contribution in [3.8, 4) is 0 Å². The van der Waals surface area contributed by atoms with E-state index in [1.807, 2.05) is 0 Å². The number of nitrogens with zero attached hydrogens (tertiary/aromatic N) is 1. The van der Waals surface area contributed by atoms with Crippen LogP contribution >= 0.6 is 0 Å². The first-order valence-corrected chi connectivity index (χ1v) is 7.30. The molecule has 2 unspecified atom stereocenters. The molecule has 1 aromatic rings. The minimum Gasteiger partial charge on any atom is -0.396 e. The van der Waals surface area contributed by atoms with Crippen LogP contribution in [0.1, 0.15) is 25.7 Å². The van der Waals surface area contributed by atoms with Crippen LogP contribution in [0.4, 0.5) is 5.69 Å². The molecule has 0 saturated carbocycles. The summed E-state index contributed by atoms with van der Waals surface area (Å²) in [6.45, 7) is 0.876. The summed E-state index contributed by atoms with van der Waals surface area (Å²) >= 11 is 0. The molecule has 0 aromatic carbocycles. The molecule has 0 spiro atoms. The Balaban J connectivity index is 1.79. The van der Waals surface area contributed by atoms with E-state index in [-0.39, 0.29) is 0 Å². The number of nitrogens with two attached hydrogens (primary N) is 1. The fourth-order valence-corrected chi connectivity index (χ4v) is 3.14. The fourth-order valence-electron chi connectivity index (χ4n) is 2.00. The SMILES string of the molecule is Nc1cccnc1S(=O)CCCC1CCCO1. The third-order valence-corrected chi connectivity index (χ3v) is 4.33. The molecule has 2 atom stereocenters. The van der Waals surface area contributed by atoms with Gasteiger partial charge in [-0.15, -0.1) is 0 Å². The Morgan fingerprint density at radius 2 is 2.47 bits per heavy atom. The van der Waals surface area contributed by atoms with E-state index in [0.29, 0.717) is 22.6 Å². The lowest BCUT2D eigenvalue weighted by Gasteiger charge is -2.08. The maximum Gasteiger partial charge on any atom is 0.150 e. The molecule has 5 heteroatoms. The minimum atomic E-state index is -1.09. The molecule has 94 valence electrons. The molecule has 1 fully saturated rings. The first-order valence-electron chi connectivity index (χ1n) is 5.98. The number of nitrogen functional groups attached to an aromatic ring is 1. The van der Waals surface area contributed by atoms with Crippen LogP contribution in [0.5, 0.6) is 0 Å². The zero-order valence-electron chi connectivity index (χ0n) is 9.80. The van der Waals surface area contributed by atoms with Gasteiger partial charge >= 0.3 is 0 Å². The summed E-state index contributed by atoms with van der Waals surface area (Å²) in [5, 5.41) is 0.514. The first kappa shape index (κ1) is 12.5. The minimum absolute atomic E-state index is 0.369. The monoisotopic (exact) mass is 254 g/mol. The number of aromatic nitrogens is 1. The van der Waals surface area contributed by atoms with Crippen molar-refractivity contribution in [2.45, 2.75) is 36.8 Å². The van der Waals surface area contributed by atoms with Gasteiger partial charge < -0.3 is 10.5 Å². The predicted octanol–water partition coefficient (Wildman–Crippen LogP) is 1.73. The van der Waals surface area contributed by atoms with Crippen LogP contribution in [-0.2, 0) is 15.5 Å². The van der Waals surface area contributed by atoms with E-state index < -0.39 is 10.8 Å². The van der Waals surface area contributed by atoms with Gasteiger partial charge in [-0.3, -0.25) is 4.21 Å². The number of anilines is 1. The van der Waals surface area contributed by atoms with Gasteiger partial charge in [0.15, 0.2) is 0 Å². The normalized spacial score (nSPS) is 21.5. The lowest BCUT2D eigenvalue weighted by Crippen LogP contribution is -2.09. The number of rotatable bonds is 5. The van der Waals surface area contributed by atoms with Crippen molar-refractivity contribution < 1.29 is 8.95 Å². The maximum atomic E-state index is 12.0. The van der Waals surface area contributed by atoms with Crippen molar-refractivity contribution in [2.24, 2.45) is 0 Å². The van der Waals surface area contributed by atoms with Gasteiger partial charge in [-0.25, -0.2) is 4.98 Å². The third kappa shape index (κ3) is 3.51. The Morgan fingerprint density at radius 3 is 3.18 bits per heavy atom. The average Bonchev–Trinajstić information content (AvgIpc) is 2.82. The summed E-state index contributed by atoms with van der Waals surface area (Å²) < 4.78 is 17.5. The number of hydrogen-bond acceptors (Lipinski definition) is 4. The van der Waals surface area contributed by atoms with Crippen LogP contribution in [0.25, 0.3) is 0 Å². The zero-order chi connectivity index (χ0) is 12.1. The van der Waals surface area contributed by atoms with Gasteiger partial charge in [-0.1, -0.05) is 0 Å². The molecule has 0 aliphatic carbocycles. The Labute approximate surface area is 104 Å². The summed E-state index contributed by atoms with van der Waals surface area (Å²) in [5.41, 5.74) is 6.25. The molecule has 4 nitrogen and oxygen atoms in total. The molecule has 17 heavy (non-hydrogen) atoms. The lowest BCUT2D eigenvalue weighted by atomic mass is 10.1. The summed E-state index contributed by atoms with van der Waals surface area (Å²) in [6, 6.07) is 3.49. The molecule has 0 bridgehead atoms. The van der Waals surface area contributed by atoms with Crippen molar-refractivity contribution in [2.75, 3.05) is 18.1 Å². The van der Waals surface area contributed by atoms with Crippen molar-refractivity contribution in [3.05, 3.63) is 18.3 Å². The molecule has 1 saturated heterocycles. The summed E-state index contributed by atoms with van der Waals surface area (Å²) in [4.78, 5) is 4.07. The van der Waals surface area contributed by atoms with Crippen molar-refractivity contribution in [3.63, 3.8) is 0 Å². The molecule has 0 radical (unpaired) electrons. The highest BCUT2D eigenvalue weighted by Gasteiger charge is 2.16. The Kier molecular flexibility index (Phi) is 4.50. The topological polar surface area (TPSA) is 65.2 Å². The van der Waals surface area contributed by atoms with E-state index >= 15 is 0 Å². The summed E-state index contributed by atoms with van der Waals surface area (Å²) in [5.74, 6) is 0.612. The Morgan fingerprint density at radius 1 is 1.59 bits per heavy atom. The zero-order valence-corrected chi connectivity index (χ0v) is 10.6. The lowest BCUT2D eigenvalue weighted by molar-refractivity contribution is 0.104. The second-order valence-corrected chi connectivity index (χ2v) is 5.71. The average molecular weight is 254 g/mol. The third-order valence-electron chi connectivity index (χ3n) is 2.90. The van der Waals surface area contributed by atoms with Crippen LogP contribution < -0.4 is 5.73 Å². The largest absolute Gasteiger partial charge is 0.396 e. The molecular formula is C12H18N2O2S. The molecule has 2 rings (SSSR count). The van der Waals surface area contributed by atoms with Crippen molar-refractivity contribution >= 4 is 16.5 Å². The van der Waals surface area contributed by atoms with Crippen LogP contribution in [0.2, 0.25) is 0 Å². The predicted molar refractivity (Wildman–Crippen MR) is 68.1 cm³/mol. The smallest absolute Gasteiger partial charge is 0.150 e. The molecule has 1 aliphatic heterocycles. The van der Waals surface area contributed by atoms with Crippen LogP contribution in [0, 0.1) is 0 Å². The van der Waals surface area contributed by atoms with Gasteiger partial charge in [0.2, 0.25) is 0 Å². The van der Waals surface area contributed by atoms with Gasteiger partial charge in [-0.2, -0.15) is 0 Å². The number of ether oxygens (including phenoxy) is 1.